The lowest BCUT2D eigenvalue weighted by Crippen LogP contribution is -2.21. The summed E-state index contributed by atoms with van der Waals surface area (Å²) >= 11 is 0. The fraction of sp³-hybridized carbons (Fsp3) is 0.200. The molecule has 2 heterocycles. The zero-order valence-electron chi connectivity index (χ0n) is 24.4. The Bertz CT molecular complexity index is 1650. The van der Waals surface area contributed by atoms with Crippen LogP contribution in [0.3, 0.4) is 0 Å². The van der Waals surface area contributed by atoms with Crippen molar-refractivity contribution in [1.82, 2.24) is 14.6 Å². The Labute approximate surface area is 242 Å². The number of nitrogens with one attached hydrogen (secondary N) is 1. The second-order valence-electron chi connectivity index (χ2n) is 10.2. The van der Waals surface area contributed by atoms with Crippen LogP contribution in [0.5, 0.6) is 0 Å². The lowest BCUT2D eigenvalue weighted by Gasteiger charge is -2.21. The molecule has 0 saturated carbocycles. The second-order valence-corrected chi connectivity index (χ2v) is 10.2. The number of rotatable bonds is 9. The topological polar surface area (TPSA) is 54.6 Å². The van der Waals surface area contributed by atoms with Crippen LogP contribution in [-0.4, -0.2) is 34.3 Å². The van der Waals surface area contributed by atoms with Crippen molar-refractivity contribution >= 4 is 17.8 Å². The summed E-state index contributed by atoms with van der Waals surface area (Å²) in [4.78, 5) is 15.2. The van der Waals surface area contributed by atoms with Gasteiger partial charge in [0.2, 0.25) is 0 Å². The largest absolute Gasteiger partial charge is 0.372 e. The van der Waals surface area contributed by atoms with E-state index in [2.05, 4.69) is 114 Å². The highest BCUT2D eigenvalue weighted by molar-refractivity contribution is 5.95. The van der Waals surface area contributed by atoms with Crippen LogP contribution in [0.15, 0.2) is 102 Å². The highest BCUT2D eigenvalue weighted by atomic mass is 16.2. The summed E-state index contributed by atoms with van der Waals surface area (Å²) in [6.45, 7) is 12.5. The van der Waals surface area contributed by atoms with Crippen molar-refractivity contribution in [3.63, 3.8) is 0 Å². The summed E-state index contributed by atoms with van der Waals surface area (Å²) in [7, 11) is 0. The van der Waals surface area contributed by atoms with Crippen molar-refractivity contribution in [1.29, 1.82) is 0 Å². The highest BCUT2D eigenvalue weighted by Crippen LogP contribution is 2.27. The first-order valence-electron chi connectivity index (χ1n) is 14.1. The van der Waals surface area contributed by atoms with E-state index in [1.807, 2.05) is 42.5 Å². The molecule has 5 rings (SSSR count). The first-order chi connectivity index (χ1) is 19.9. The minimum atomic E-state index is -0.249. The Morgan fingerprint density at radius 1 is 0.780 bits per heavy atom. The summed E-state index contributed by atoms with van der Waals surface area (Å²) in [5, 5.41) is 4.28. The van der Waals surface area contributed by atoms with Gasteiger partial charge in [0.25, 0.3) is 5.91 Å². The van der Waals surface area contributed by atoms with Gasteiger partial charge in [-0.1, -0.05) is 30.3 Å². The third-order valence-corrected chi connectivity index (χ3v) is 7.61. The van der Waals surface area contributed by atoms with Crippen molar-refractivity contribution < 1.29 is 4.79 Å². The maximum atomic E-state index is 12.9. The van der Waals surface area contributed by atoms with Gasteiger partial charge in [0.05, 0.1) is 11.9 Å². The van der Waals surface area contributed by atoms with E-state index >= 15 is 0 Å². The lowest BCUT2D eigenvalue weighted by molar-refractivity contribution is 0.0955. The number of aromatic nitrogens is 2. The first kappa shape index (κ1) is 27.7. The molecule has 0 aliphatic heterocycles. The molecule has 1 amide bonds. The molecular formula is C35H37N5O. The van der Waals surface area contributed by atoms with E-state index in [0.29, 0.717) is 5.56 Å². The van der Waals surface area contributed by atoms with Gasteiger partial charge in [-0.15, -0.1) is 0 Å². The van der Waals surface area contributed by atoms with Crippen LogP contribution >= 0.6 is 0 Å². The Balaban J connectivity index is 1.28. The van der Waals surface area contributed by atoms with E-state index < -0.39 is 0 Å². The summed E-state index contributed by atoms with van der Waals surface area (Å²) in [5.74, 6) is -0.249. The van der Waals surface area contributed by atoms with Gasteiger partial charge < -0.3 is 14.0 Å². The summed E-state index contributed by atoms with van der Waals surface area (Å²) in [6.07, 6.45) is 1.71. The number of amides is 1. The number of hydrogen-bond acceptors (Lipinski definition) is 3. The number of anilines is 1. The standard InChI is InChI=1S/C35H37N5O/c1-6-38(7-2)31-18-20-32(21-19-31)39-26(4)23-30(27(39)5)24-36-37-35(41)29-14-16-33(17-15-29)40-25(3)13-22-34(40)28-11-9-8-10-12-28/h8-24H,6-7H2,1-5H3,(H,37,41)/b36-24+. The molecule has 0 saturated heterocycles. The highest BCUT2D eigenvalue weighted by Gasteiger charge is 2.12. The molecule has 2 aromatic heterocycles. The van der Waals surface area contributed by atoms with Crippen LogP contribution in [-0.2, 0) is 0 Å². The van der Waals surface area contributed by atoms with Crippen molar-refractivity contribution in [2.45, 2.75) is 34.6 Å². The van der Waals surface area contributed by atoms with Crippen LogP contribution in [0.4, 0.5) is 5.69 Å². The summed E-state index contributed by atoms with van der Waals surface area (Å²) in [5.41, 5.74) is 13.1. The van der Waals surface area contributed by atoms with E-state index in [9.17, 15) is 4.79 Å². The molecule has 5 aromatic rings. The molecule has 0 aliphatic rings. The molecule has 0 radical (unpaired) electrons. The van der Waals surface area contributed by atoms with Gasteiger partial charge >= 0.3 is 0 Å². The van der Waals surface area contributed by atoms with Crippen molar-refractivity contribution in [2.24, 2.45) is 5.10 Å². The SMILES string of the molecule is CCN(CC)c1ccc(-n2c(C)cc(/C=N/NC(=O)c3ccc(-n4c(C)ccc4-c4ccccc4)cc3)c2C)cc1. The maximum absolute atomic E-state index is 12.9. The van der Waals surface area contributed by atoms with Gasteiger partial charge in [-0.2, -0.15) is 5.10 Å². The zero-order chi connectivity index (χ0) is 28.9. The monoisotopic (exact) mass is 543 g/mol. The van der Waals surface area contributed by atoms with Gasteiger partial charge in [0, 0.05) is 58.4 Å². The van der Waals surface area contributed by atoms with Crippen LogP contribution < -0.4 is 10.3 Å². The molecule has 3 aromatic carbocycles. The Morgan fingerprint density at radius 2 is 1.41 bits per heavy atom. The van der Waals surface area contributed by atoms with Gasteiger partial charge in [-0.25, -0.2) is 5.43 Å². The smallest absolute Gasteiger partial charge is 0.271 e. The fourth-order valence-corrected chi connectivity index (χ4v) is 5.42. The number of hydrazone groups is 1. The molecule has 0 atom stereocenters. The van der Waals surface area contributed by atoms with Crippen LogP contribution in [0.25, 0.3) is 22.6 Å². The van der Waals surface area contributed by atoms with Crippen molar-refractivity contribution in [2.75, 3.05) is 18.0 Å². The number of carbonyl (C=O) groups excluding carboxylic acids is 1. The molecule has 6 heteroatoms. The normalized spacial score (nSPS) is 11.2. The number of hydrogen-bond donors (Lipinski definition) is 1. The molecule has 0 bridgehead atoms. The third kappa shape index (κ3) is 5.73. The van der Waals surface area contributed by atoms with Crippen LogP contribution in [0.1, 0.15) is 46.9 Å². The van der Waals surface area contributed by atoms with Gasteiger partial charge in [-0.05, 0) is 107 Å². The molecule has 0 fully saturated rings. The molecule has 1 N–H and O–H groups in total. The van der Waals surface area contributed by atoms with Crippen LogP contribution in [0.2, 0.25) is 0 Å². The minimum absolute atomic E-state index is 0.249. The van der Waals surface area contributed by atoms with Crippen molar-refractivity contribution in [3.05, 3.63) is 125 Å². The van der Waals surface area contributed by atoms with E-state index in [0.717, 1.165) is 58.4 Å². The molecule has 0 aliphatic carbocycles. The number of benzene rings is 3. The zero-order valence-corrected chi connectivity index (χ0v) is 24.4. The average Bonchev–Trinajstić information content (AvgIpc) is 3.52. The van der Waals surface area contributed by atoms with E-state index in [1.165, 1.54) is 5.69 Å². The number of nitrogens with zero attached hydrogens (tertiary/aromatic N) is 4. The fourth-order valence-electron chi connectivity index (χ4n) is 5.42. The summed E-state index contributed by atoms with van der Waals surface area (Å²) < 4.78 is 4.41. The maximum Gasteiger partial charge on any atom is 0.271 e. The van der Waals surface area contributed by atoms with E-state index in [4.69, 9.17) is 0 Å². The van der Waals surface area contributed by atoms with Gasteiger partial charge in [0.1, 0.15) is 0 Å². The average molecular weight is 544 g/mol. The van der Waals surface area contributed by atoms with E-state index in [-0.39, 0.29) is 5.91 Å². The van der Waals surface area contributed by atoms with Crippen LogP contribution in [0, 0.1) is 20.8 Å². The Hall–Kier alpha value is -4.84. The van der Waals surface area contributed by atoms with Crippen molar-refractivity contribution in [3.8, 4) is 22.6 Å². The quantitative estimate of drug-likeness (QED) is 0.155. The van der Waals surface area contributed by atoms with Gasteiger partial charge in [-0.3, -0.25) is 4.79 Å². The Kier molecular flexibility index (Phi) is 8.20. The second kappa shape index (κ2) is 12.1. The lowest BCUT2D eigenvalue weighted by atomic mass is 10.1. The third-order valence-electron chi connectivity index (χ3n) is 7.61. The van der Waals surface area contributed by atoms with Gasteiger partial charge in [0.15, 0.2) is 0 Å². The number of carbonyl (C=O) groups is 1. The predicted molar refractivity (Wildman–Crippen MR) is 170 cm³/mol. The first-order valence-corrected chi connectivity index (χ1v) is 14.1. The minimum Gasteiger partial charge on any atom is -0.372 e. The Morgan fingerprint density at radius 3 is 2.07 bits per heavy atom. The molecule has 208 valence electrons. The molecule has 41 heavy (non-hydrogen) atoms. The predicted octanol–water partition coefficient (Wildman–Crippen LogP) is 7.47. The summed E-state index contributed by atoms with van der Waals surface area (Å²) in [6, 6.07) is 32.9. The number of aryl methyl sites for hydroxylation is 2. The molecular weight excluding hydrogens is 506 g/mol. The molecule has 0 unspecified atom stereocenters. The molecule has 0 spiro atoms. The van der Waals surface area contributed by atoms with E-state index in [1.54, 1.807) is 6.21 Å². The molecule has 6 nitrogen and oxygen atoms in total.